The van der Waals surface area contributed by atoms with Crippen molar-refractivity contribution in [3.63, 3.8) is 0 Å². The Morgan fingerprint density at radius 2 is 1.96 bits per heavy atom. The Balaban J connectivity index is 1.57. The van der Waals surface area contributed by atoms with Crippen molar-refractivity contribution in [1.82, 2.24) is 15.1 Å². The molecular weight excluding hydrogens is 322 g/mol. The van der Waals surface area contributed by atoms with Crippen LogP contribution in [0.2, 0.25) is 5.02 Å². The molecular formula is C19H18ClN3O. The summed E-state index contributed by atoms with van der Waals surface area (Å²) >= 11 is 5.89. The average molecular weight is 340 g/mol. The summed E-state index contributed by atoms with van der Waals surface area (Å²) < 4.78 is 1.76. The number of halogens is 1. The van der Waals surface area contributed by atoms with Gasteiger partial charge in [-0.1, -0.05) is 41.4 Å². The van der Waals surface area contributed by atoms with Crippen molar-refractivity contribution in [1.29, 1.82) is 0 Å². The molecule has 0 fully saturated rings. The van der Waals surface area contributed by atoms with Crippen LogP contribution in [0.5, 0.6) is 0 Å². The minimum absolute atomic E-state index is 0.000145. The SMILES string of the molecule is Cc1cccc(CC(=O)NCc2cnn(-c3ccc(Cl)cc3)c2)c1. The lowest BCUT2D eigenvalue weighted by Gasteiger charge is -2.05. The Morgan fingerprint density at radius 3 is 2.71 bits per heavy atom. The van der Waals surface area contributed by atoms with Crippen molar-refractivity contribution in [2.45, 2.75) is 19.9 Å². The van der Waals surface area contributed by atoms with E-state index in [1.807, 2.05) is 61.7 Å². The van der Waals surface area contributed by atoms with Crippen LogP contribution in [0.4, 0.5) is 0 Å². The fourth-order valence-corrected chi connectivity index (χ4v) is 2.58. The molecule has 122 valence electrons. The fourth-order valence-electron chi connectivity index (χ4n) is 2.46. The van der Waals surface area contributed by atoms with Crippen molar-refractivity contribution >= 4 is 17.5 Å². The molecule has 3 rings (SSSR count). The third kappa shape index (κ3) is 4.24. The molecule has 24 heavy (non-hydrogen) atoms. The number of hydrogen-bond donors (Lipinski definition) is 1. The molecule has 1 N–H and O–H groups in total. The van der Waals surface area contributed by atoms with Gasteiger partial charge < -0.3 is 5.32 Å². The van der Waals surface area contributed by atoms with Gasteiger partial charge in [0.2, 0.25) is 5.91 Å². The Morgan fingerprint density at radius 1 is 1.17 bits per heavy atom. The van der Waals surface area contributed by atoms with Crippen molar-refractivity contribution in [2.24, 2.45) is 0 Å². The number of amides is 1. The topological polar surface area (TPSA) is 46.9 Å². The molecule has 0 radical (unpaired) electrons. The van der Waals surface area contributed by atoms with Crippen LogP contribution in [0.3, 0.4) is 0 Å². The molecule has 0 saturated heterocycles. The van der Waals surface area contributed by atoms with Gasteiger partial charge in [0.05, 0.1) is 18.3 Å². The largest absolute Gasteiger partial charge is 0.352 e. The van der Waals surface area contributed by atoms with E-state index >= 15 is 0 Å². The van der Waals surface area contributed by atoms with E-state index in [1.165, 1.54) is 0 Å². The van der Waals surface area contributed by atoms with Gasteiger partial charge in [0.15, 0.2) is 0 Å². The number of aromatic nitrogens is 2. The van der Waals surface area contributed by atoms with Crippen molar-refractivity contribution in [3.05, 3.63) is 82.6 Å². The zero-order chi connectivity index (χ0) is 16.9. The second-order valence-corrected chi connectivity index (χ2v) is 6.15. The van der Waals surface area contributed by atoms with E-state index < -0.39 is 0 Å². The fraction of sp³-hybridized carbons (Fsp3) is 0.158. The van der Waals surface area contributed by atoms with E-state index in [-0.39, 0.29) is 5.91 Å². The van der Waals surface area contributed by atoms with Gasteiger partial charge in [-0.25, -0.2) is 4.68 Å². The van der Waals surface area contributed by atoms with Crippen LogP contribution >= 0.6 is 11.6 Å². The first-order chi connectivity index (χ1) is 11.6. The normalized spacial score (nSPS) is 10.6. The highest BCUT2D eigenvalue weighted by atomic mass is 35.5. The van der Waals surface area contributed by atoms with Crippen LogP contribution in [0.25, 0.3) is 5.69 Å². The summed E-state index contributed by atoms with van der Waals surface area (Å²) in [5.74, 6) is -0.000145. The first-order valence-electron chi connectivity index (χ1n) is 7.72. The van der Waals surface area contributed by atoms with E-state index in [0.717, 1.165) is 22.4 Å². The predicted molar refractivity (Wildman–Crippen MR) is 95.3 cm³/mol. The first-order valence-corrected chi connectivity index (χ1v) is 8.10. The highest BCUT2D eigenvalue weighted by Gasteiger charge is 2.06. The molecule has 5 heteroatoms. The molecule has 0 saturated carbocycles. The number of nitrogens with zero attached hydrogens (tertiary/aromatic N) is 2. The number of nitrogens with one attached hydrogen (secondary N) is 1. The smallest absolute Gasteiger partial charge is 0.224 e. The molecule has 1 aromatic heterocycles. The Hall–Kier alpha value is -2.59. The Bertz CT molecular complexity index is 840. The molecule has 2 aromatic carbocycles. The highest BCUT2D eigenvalue weighted by molar-refractivity contribution is 6.30. The van der Waals surface area contributed by atoms with Crippen molar-refractivity contribution in [2.75, 3.05) is 0 Å². The molecule has 0 bridgehead atoms. The summed E-state index contributed by atoms with van der Waals surface area (Å²) in [5, 5.41) is 7.93. The van der Waals surface area contributed by atoms with Crippen LogP contribution in [-0.4, -0.2) is 15.7 Å². The minimum Gasteiger partial charge on any atom is -0.352 e. The number of aryl methyl sites for hydroxylation is 1. The predicted octanol–water partition coefficient (Wildman–Crippen LogP) is 3.69. The number of rotatable bonds is 5. The quantitative estimate of drug-likeness (QED) is 0.770. The molecule has 0 atom stereocenters. The molecule has 3 aromatic rings. The van der Waals surface area contributed by atoms with Gasteiger partial charge in [-0.05, 0) is 36.8 Å². The Labute approximate surface area is 146 Å². The van der Waals surface area contributed by atoms with Gasteiger partial charge in [0, 0.05) is 23.3 Å². The maximum atomic E-state index is 12.1. The molecule has 0 aliphatic heterocycles. The maximum Gasteiger partial charge on any atom is 0.224 e. The maximum absolute atomic E-state index is 12.1. The van der Waals surface area contributed by atoms with Gasteiger partial charge in [-0.15, -0.1) is 0 Å². The lowest BCUT2D eigenvalue weighted by Crippen LogP contribution is -2.24. The van der Waals surface area contributed by atoms with Gasteiger partial charge in [0.1, 0.15) is 0 Å². The third-order valence-electron chi connectivity index (χ3n) is 3.66. The molecule has 1 amide bonds. The lowest BCUT2D eigenvalue weighted by molar-refractivity contribution is -0.120. The van der Waals surface area contributed by atoms with Gasteiger partial charge >= 0.3 is 0 Å². The number of benzene rings is 2. The van der Waals surface area contributed by atoms with E-state index in [4.69, 9.17) is 11.6 Å². The van der Waals surface area contributed by atoms with E-state index in [1.54, 1.807) is 10.9 Å². The van der Waals surface area contributed by atoms with E-state index in [2.05, 4.69) is 10.4 Å². The third-order valence-corrected chi connectivity index (χ3v) is 3.92. The molecule has 0 aliphatic rings. The number of carbonyl (C=O) groups is 1. The molecule has 0 aliphatic carbocycles. The minimum atomic E-state index is -0.000145. The Kier molecular flexibility index (Phi) is 4.96. The molecule has 0 unspecified atom stereocenters. The second kappa shape index (κ2) is 7.32. The molecule has 0 spiro atoms. The summed E-state index contributed by atoms with van der Waals surface area (Å²) in [7, 11) is 0. The monoisotopic (exact) mass is 339 g/mol. The lowest BCUT2D eigenvalue weighted by atomic mass is 10.1. The van der Waals surface area contributed by atoms with Gasteiger partial charge in [-0.2, -0.15) is 5.10 Å². The zero-order valence-electron chi connectivity index (χ0n) is 13.4. The highest BCUT2D eigenvalue weighted by Crippen LogP contribution is 2.13. The van der Waals surface area contributed by atoms with Gasteiger partial charge in [0.25, 0.3) is 0 Å². The van der Waals surface area contributed by atoms with Crippen LogP contribution in [-0.2, 0) is 17.8 Å². The summed E-state index contributed by atoms with van der Waals surface area (Å²) in [6.07, 6.45) is 4.03. The van der Waals surface area contributed by atoms with Crippen LogP contribution < -0.4 is 5.32 Å². The zero-order valence-corrected chi connectivity index (χ0v) is 14.1. The van der Waals surface area contributed by atoms with Crippen LogP contribution in [0, 0.1) is 6.92 Å². The van der Waals surface area contributed by atoms with Crippen LogP contribution in [0.15, 0.2) is 60.9 Å². The standard InChI is InChI=1S/C19H18ClN3O/c1-14-3-2-4-15(9-14)10-19(24)21-11-16-12-22-23(13-16)18-7-5-17(20)6-8-18/h2-9,12-13H,10-11H2,1H3,(H,21,24). The second-order valence-electron chi connectivity index (χ2n) is 5.71. The molecule has 1 heterocycles. The van der Waals surface area contributed by atoms with E-state index in [0.29, 0.717) is 18.0 Å². The summed E-state index contributed by atoms with van der Waals surface area (Å²) in [4.78, 5) is 12.1. The number of hydrogen-bond acceptors (Lipinski definition) is 2. The van der Waals surface area contributed by atoms with Crippen molar-refractivity contribution < 1.29 is 4.79 Å². The van der Waals surface area contributed by atoms with E-state index in [9.17, 15) is 4.79 Å². The summed E-state index contributed by atoms with van der Waals surface area (Å²) in [6, 6.07) is 15.4. The average Bonchev–Trinajstić information content (AvgIpc) is 3.03. The first kappa shape index (κ1) is 16.3. The summed E-state index contributed by atoms with van der Waals surface area (Å²) in [5.41, 5.74) is 4.05. The summed E-state index contributed by atoms with van der Waals surface area (Å²) in [6.45, 7) is 2.48. The molecule has 4 nitrogen and oxygen atoms in total. The number of carbonyl (C=O) groups excluding carboxylic acids is 1. The van der Waals surface area contributed by atoms with Crippen LogP contribution in [0.1, 0.15) is 16.7 Å². The van der Waals surface area contributed by atoms with Gasteiger partial charge in [-0.3, -0.25) is 4.79 Å². The van der Waals surface area contributed by atoms with Crippen molar-refractivity contribution in [3.8, 4) is 5.69 Å².